The zero-order chi connectivity index (χ0) is 13.2. The first-order valence-corrected chi connectivity index (χ1v) is 5.68. The van der Waals surface area contributed by atoms with E-state index < -0.39 is 5.97 Å². The number of benzene rings is 1. The fourth-order valence-electron chi connectivity index (χ4n) is 1.78. The quantitative estimate of drug-likeness (QED) is 0.879. The fraction of sp³-hybridized carbons (Fsp3) is 0.154. The van der Waals surface area contributed by atoms with E-state index in [0.717, 1.165) is 11.4 Å². The van der Waals surface area contributed by atoms with Crippen LogP contribution in [-0.4, -0.2) is 17.9 Å². The Balaban J connectivity index is 1.67. The SMILES string of the molecule is O=C(O)c1ccc(CNc2ccc3c(c2)OCO3)o1. The zero-order valence-corrected chi connectivity index (χ0v) is 9.88. The van der Waals surface area contributed by atoms with Crippen LogP contribution in [0.2, 0.25) is 0 Å². The van der Waals surface area contributed by atoms with E-state index >= 15 is 0 Å². The van der Waals surface area contributed by atoms with Crippen LogP contribution in [0, 0.1) is 0 Å². The molecule has 0 aliphatic carbocycles. The highest BCUT2D eigenvalue weighted by molar-refractivity contribution is 5.84. The Bertz CT molecular complexity index is 619. The lowest BCUT2D eigenvalue weighted by atomic mass is 10.2. The Morgan fingerprint density at radius 3 is 2.84 bits per heavy atom. The largest absolute Gasteiger partial charge is 0.475 e. The topological polar surface area (TPSA) is 80.9 Å². The van der Waals surface area contributed by atoms with Crippen LogP contribution in [0.4, 0.5) is 5.69 Å². The second kappa shape index (κ2) is 4.56. The minimum Gasteiger partial charge on any atom is -0.475 e. The smallest absolute Gasteiger partial charge is 0.371 e. The lowest BCUT2D eigenvalue weighted by molar-refractivity contribution is 0.0660. The van der Waals surface area contributed by atoms with Gasteiger partial charge in [0.25, 0.3) is 0 Å². The monoisotopic (exact) mass is 261 g/mol. The van der Waals surface area contributed by atoms with Gasteiger partial charge in [0.1, 0.15) is 5.76 Å². The molecule has 6 heteroatoms. The van der Waals surface area contributed by atoms with E-state index in [9.17, 15) is 4.79 Å². The number of anilines is 1. The number of furan rings is 1. The molecule has 0 bridgehead atoms. The molecule has 6 nitrogen and oxygen atoms in total. The molecule has 1 aliphatic rings. The van der Waals surface area contributed by atoms with Crippen LogP contribution in [-0.2, 0) is 6.54 Å². The average Bonchev–Trinajstić information content (AvgIpc) is 3.04. The molecule has 19 heavy (non-hydrogen) atoms. The van der Waals surface area contributed by atoms with Crippen molar-refractivity contribution in [1.82, 2.24) is 0 Å². The van der Waals surface area contributed by atoms with Crippen molar-refractivity contribution < 1.29 is 23.8 Å². The van der Waals surface area contributed by atoms with Crippen LogP contribution in [0.25, 0.3) is 0 Å². The van der Waals surface area contributed by atoms with Gasteiger partial charge in [-0.15, -0.1) is 0 Å². The molecule has 98 valence electrons. The second-order valence-corrected chi connectivity index (χ2v) is 3.99. The molecule has 0 saturated heterocycles. The van der Waals surface area contributed by atoms with Gasteiger partial charge in [0.2, 0.25) is 12.6 Å². The minimum atomic E-state index is -1.07. The first-order chi connectivity index (χ1) is 9.22. The number of aromatic carboxylic acids is 1. The van der Waals surface area contributed by atoms with Gasteiger partial charge in [-0.3, -0.25) is 0 Å². The highest BCUT2D eigenvalue weighted by atomic mass is 16.7. The summed E-state index contributed by atoms with van der Waals surface area (Å²) in [7, 11) is 0. The third-order valence-electron chi connectivity index (χ3n) is 2.71. The van der Waals surface area contributed by atoms with Crippen molar-refractivity contribution in [3.8, 4) is 11.5 Å². The Morgan fingerprint density at radius 2 is 2.05 bits per heavy atom. The molecule has 1 aromatic carbocycles. The summed E-state index contributed by atoms with van der Waals surface area (Å²) in [6.07, 6.45) is 0. The maximum absolute atomic E-state index is 10.7. The van der Waals surface area contributed by atoms with Crippen molar-refractivity contribution >= 4 is 11.7 Å². The number of carboxylic acid groups (broad SMARTS) is 1. The molecule has 1 aromatic heterocycles. The molecule has 2 aromatic rings. The van der Waals surface area contributed by atoms with Crippen molar-refractivity contribution in [2.24, 2.45) is 0 Å². The average molecular weight is 261 g/mol. The van der Waals surface area contributed by atoms with Crippen LogP contribution in [0.5, 0.6) is 11.5 Å². The van der Waals surface area contributed by atoms with Gasteiger partial charge in [0, 0.05) is 11.8 Å². The molecule has 0 unspecified atom stereocenters. The van der Waals surface area contributed by atoms with E-state index in [1.54, 1.807) is 6.07 Å². The Hall–Kier alpha value is -2.63. The maximum atomic E-state index is 10.7. The van der Waals surface area contributed by atoms with E-state index in [4.69, 9.17) is 19.0 Å². The van der Waals surface area contributed by atoms with E-state index in [1.165, 1.54) is 6.07 Å². The molecular weight excluding hydrogens is 250 g/mol. The number of carbonyl (C=O) groups is 1. The van der Waals surface area contributed by atoms with E-state index in [1.807, 2.05) is 18.2 Å². The molecule has 0 fully saturated rings. The summed E-state index contributed by atoms with van der Waals surface area (Å²) >= 11 is 0. The Morgan fingerprint density at radius 1 is 1.21 bits per heavy atom. The van der Waals surface area contributed by atoms with Crippen molar-refractivity contribution in [3.05, 3.63) is 41.9 Å². The third-order valence-corrected chi connectivity index (χ3v) is 2.71. The number of hydrogen-bond acceptors (Lipinski definition) is 5. The Kier molecular flexibility index (Phi) is 2.75. The minimum absolute atomic E-state index is 0.0671. The van der Waals surface area contributed by atoms with Crippen LogP contribution in [0.3, 0.4) is 0 Å². The standard InChI is InChI=1S/C13H11NO5/c15-13(16)11-4-2-9(19-11)6-14-8-1-3-10-12(5-8)18-7-17-10/h1-5,14H,6-7H2,(H,15,16). The number of ether oxygens (including phenoxy) is 2. The first-order valence-electron chi connectivity index (χ1n) is 5.68. The van der Waals surface area contributed by atoms with Gasteiger partial charge in [-0.05, 0) is 24.3 Å². The molecule has 0 amide bonds. The second-order valence-electron chi connectivity index (χ2n) is 3.99. The molecular formula is C13H11NO5. The molecule has 0 spiro atoms. The molecule has 2 N–H and O–H groups in total. The molecule has 0 saturated carbocycles. The summed E-state index contributed by atoms with van der Waals surface area (Å²) in [6.45, 7) is 0.631. The fourth-order valence-corrected chi connectivity index (χ4v) is 1.78. The predicted molar refractivity (Wildman–Crippen MR) is 65.6 cm³/mol. The third kappa shape index (κ3) is 2.33. The summed E-state index contributed by atoms with van der Waals surface area (Å²) in [6, 6.07) is 8.55. The van der Waals surface area contributed by atoms with Crippen molar-refractivity contribution in [2.45, 2.75) is 6.54 Å². The van der Waals surface area contributed by atoms with Crippen molar-refractivity contribution in [1.29, 1.82) is 0 Å². The number of rotatable bonds is 4. The van der Waals surface area contributed by atoms with Gasteiger partial charge >= 0.3 is 5.97 Å². The maximum Gasteiger partial charge on any atom is 0.371 e. The highest BCUT2D eigenvalue weighted by Crippen LogP contribution is 2.34. The summed E-state index contributed by atoms with van der Waals surface area (Å²) in [4.78, 5) is 10.7. The van der Waals surface area contributed by atoms with Gasteiger partial charge < -0.3 is 24.3 Å². The summed E-state index contributed by atoms with van der Waals surface area (Å²) in [5.74, 6) is 0.819. The van der Waals surface area contributed by atoms with Crippen LogP contribution < -0.4 is 14.8 Å². The Labute approximate surface area is 108 Å². The summed E-state index contributed by atoms with van der Waals surface area (Å²) < 4.78 is 15.6. The zero-order valence-electron chi connectivity index (χ0n) is 9.88. The molecule has 0 atom stereocenters. The lowest BCUT2D eigenvalue weighted by Crippen LogP contribution is -1.98. The summed E-state index contributed by atoms with van der Waals surface area (Å²) in [5.41, 5.74) is 0.845. The molecule has 2 heterocycles. The van der Waals surface area contributed by atoms with E-state index in [-0.39, 0.29) is 12.6 Å². The van der Waals surface area contributed by atoms with E-state index in [0.29, 0.717) is 18.1 Å². The molecule has 1 aliphatic heterocycles. The lowest BCUT2D eigenvalue weighted by Gasteiger charge is -2.05. The summed E-state index contributed by atoms with van der Waals surface area (Å²) in [5, 5.41) is 11.9. The van der Waals surface area contributed by atoms with Gasteiger partial charge in [0.05, 0.1) is 6.54 Å². The van der Waals surface area contributed by atoms with Gasteiger partial charge in [-0.2, -0.15) is 0 Å². The normalized spacial score (nSPS) is 12.4. The van der Waals surface area contributed by atoms with Crippen molar-refractivity contribution in [3.63, 3.8) is 0 Å². The molecule has 3 rings (SSSR count). The van der Waals surface area contributed by atoms with Crippen LogP contribution >= 0.6 is 0 Å². The number of hydrogen-bond donors (Lipinski definition) is 2. The number of nitrogens with one attached hydrogen (secondary N) is 1. The first kappa shape index (κ1) is 11.5. The number of carboxylic acids is 1. The van der Waals surface area contributed by atoms with Crippen LogP contribution in [0.15, 0.2) is 34.7 Å². The van der Waals surface area contributed by atoms with Gasteiger partial charge in [-0.1, -0.05) is 0 Å². The van der Waals surface area contributed by atoms with E-state index in [2.05, 4.69) is 5.32 Å². The number of fused-ring (bicyclic) bond motifs is 1. The van der Waals surface area contributed by atoms with Crippen LogP contribution in [0.1, 0.15) is 16.3 Å². The predicted octanol–water partition coefficient (Wildman–Crippen LogP) is 2.32. The van der Waals surface area contributed by atoms with Gasteiger partial charge in [-0.25, -0.2) is 4.79 Å². The van der Waals surface area contributed by atoms with Crippen molar-refractivity contribution in [2.75, 3.05) is 12.1 Å². The highest BCUT2D eigenvalue weighted by Gasteiger charge is 2.13. The molecule has 0 radical (unpaired) electrons. The van der Waals surface area contributed by atoms with Gasteiger partial charge in [0.15, 0.2) is 11.5 Å².